The molecule has 1 aromatic heterocycles. The minimum atomic E-state index is -0.742. The van der Waals surface area contributed by atoms with Crippen LogP contribution in [0.1, 0.15) is 25.7 Å². The van der Waals surface area contributed by atoms with Crippen LogP contribution in [-0.2, 0) is 4.74 Å². The maximum absolute atomic E-state index is 10.8. The molecule has 1 aliphatic carbocycles. The van der Waals surface area contributed by atoms with Crippen molar-refractivity contribution in [2.45, 2.75) is 37.8 Å². The minimum absolute atomic E-state index is 0.113. The van der Waals surface area contributed by atoms with Crippen LogP contribution in [0.2, 0.25) is 10.3 Å². The Kier molecular flexibility index (Phi) is 4.66. The van der Waals surface area contributed by atoms with Crippen LogP contribution in [-0.4, -0.2) is 28.2 Å². The molecule has 1 heterocycles. The highest BCUT2D eigenvalue weighted by Gasteiger charge is 2.25. The zero-order chi connectivity index (χ0) is 13.8. The summed E-state index contributed by atoms with van der Waals surface area (Å²) < 4.78 is 5.02. The number of hydrogen-bond donors (Lipinski definition) is 2. The molecule has 6 nitrogen and oxygen atoms in total. The van der Waals surface area contributed by atoms with Crippen molar-refractivity contribution in [3.63, 3.8) is 0 Å². The number of anilines is 1. The van der Waals surface area contributed by atoms with E-state index in [1.807, 2.05) is 0 Å². The van der Waals surface area contributed by atoms with E-state index in [0.717, 1.165) is 19.3 Å². The third-order valence-electron chi connectivity index (χ3n) is 2.96. The number of nitrogens with one attached hydrogen (secondary N) is 1. The number of primary amides is 1. The molecule has 0 spiro atoms. The topological polar surface area (TPSA) is 90.1 Å². The van der Waals surface area contributed by atoms with Gasteiger partial charge in [-0.1, -0.05) is 11.6 Å². The van der Waals surface area contributed by atoms with Crippen LogP contribution in [0.4, 0.5) is 10.6 Å². The van der Waals surface area contributed by atoms with Crippen molar-refractivity contribution in [1.29, 1.82) is 0 Å². The molecular weight excluding hydrogens is 291 g/mol. The standard InChI is InChI=1S/C11H14Cl2N4O2/c12-8-5-15-10(13)17-9(8)16-6-2-1-3-7(4-6)19-11(14)18/h5-7H,1-4H2,(H2,14,18)(H,15,16,17)/t6-,7+/m1/s1. The summed E-state index contributed by atoms with van der Waals surface area (Å²) >= 11 is 11.7. The Balaban J connectivity index is 1.98. The van der Waals surface area contributed by atoms with Gasteiger partial charge in [-0.05, 0) is 30.9 Å². The first-order valence-electron chi connectivity index (χ1n) is 5.95. The summed E-state index contributed by atoms with van der Waals surface area (Å²) in [5, 5.41) is 3.73. The van der Waals surface area contributed by atoms with E-state index in [0.29, 0.717) is 17.3 Å². The van der Waals surface area contributed by atoms with Crippen LogP contribution >= 0.6 is 23.2 Å². The summed E-state index contributed by atoms with van der Waals surface area (Å²) in [6, 6.07) is 0.113. The van der Waals surface area contributed by atoms with E-state index in [4.69, 9.17) is 33.7 Å². The molecule has 0 radical (unpaired) electrons. The lowest BCUT2D eigenvalue weighted by molar-refractivity contribution is 0.0796. The van der Waals surface area contributed by atoms with Gasteiger partial charge in [-0.2, -0.15) is 4.98 Å². The van der Waals surface area contributed by atoms with Crippen LogP contribution in [0, 0.1) is 0 Å². The predicted octanol–water partition coefficient (Wildman–Crippen LogP) is 2.60. The van der Waals surface area contributed by atoms with Crippen LogP contribution in [0.5, 0.6) is 0 Å². The maximum atomic E-state index is 10.8. The smallest absolute Gasteiger partial charge is 0.404 e. The Hall–Kier alpha value is -1.27. The number of amides is 1. The fraction of sp³-hybridized carbons (Fsp3) is 0.545. The first-order chi connectivity index (χ1) is 9.04. The molecule has 1 aromatic rings. The second-order valence-electron chi connectivity index (χ2n) is 4.40. The average Bonchev–Trinajstić information content (AvgIpc) is 2.33. The zero-order valence-corrected chi connectivity index (χ0v) is 11.6. The molecule has 1 saturated carbocycles. The van der Waals surface area contributed by atoms with Gasteiger partial charge in [0.25, 0.3) is 0 Å². The van der Waals surface area contributed by atoms with Crippen LogP contribution in [0.25, 0.3) is 0 Å². The molecule has 2 rings (SSSR count). The Bertz CT molecular complexity index is 472. The summed E-state index contributed by atoms with van der Waals surface area (Å²) in [6.45, 7) is 0. The summed E-state index contributed by atoms with van der Waals surface area (Å²) in [4.78, 5) is 18.6. The highest BCUT2D eigenvalue weighted by Crippen LogP contribution is 2.26. The number of carbonyl (C=O) groups is 1. The number of aromatic nitrogens is 2. The SMILES string of the molecule is NC(=O)O[C@H]1CCC[C@@H](Nc2nc(Cl)ncc2Cl)C1. The fourth-order valence-corrected chi connectivity index (χ4v) is 2.47. The molecule has 1 aliphatic rings. The summed E-state index contributed by atoms with van der Waals surface area (Å²) in [6.07, 6.45) is 3.90. The fourth-order valence-electron chi connectivity index (χ4n) is 2.19. The molecule has 3 N–H and O–H groups in total. The molecule has 104 valence electrons. The van der Waals surface area contributed by atoms with E-state index >= 15 is 0 Å². The second-order valence-corrected chi connectivity index (χ2v) is 5.15. The van der Waals surface area contributed by atoms with Gasteiger partial charge in [0.05, 0.1) is 6.20 Å². The summed E-state index contributed by atoms with van der Waals surface area (Å²) in [5.74, 6) is 0.492. The van der Waals surface area contributed by atoms with Gasteiger partial charge in [0.15, 0.2) is 0 Å². The monoisotopic (exact) mass is 304 g/mol. The quantitative estimate of drug-likeness (QED) is 0.838. The lowest BCUT2D eigenvalue weighted by atomic mass is 9.93. The zero-order valence-electron chi connectivity index (χ0n) is 10.1. The first kappa shape index (κ1) is 14.1. The van der Waals surface area contributed by atoms with Gasteiger partial charge in [0, 0.05) is 12.5 Å². The number of nitrogens with zero attached hydrogens (tertiary/aromatic N) is 2. The van der Waals surface area contributed by atoms with E-state index in [1.54, 1.807) is 0 Å². The molecule has 2 atom stereocenters. The van der Waals surface area contributed by atoms with Gasteiger partial charge in [-0.25, -0.2) is 9.78 Å². The summed E-state index contributed by atoms with van der Waals surface area (Å²) in [7, 11) is 0. The van der Waals surface area contributed by atoms with Crippen molar-refractivity contribution in [3.05, 3.63) is 16.5 Å². The molecule has 0 saturated heterocycles. The lowest BCUT2D eigenvalue weighted by Gasteiger charge is -2.29. The van der Waals surface area contributed by atoms with Crippen molar-refractivity contribution in [2.24, 2.45) is 5.73 Å². The largest absolute Gasteiger partial charge is 0.446 e. The molecular formula is C11H14Cl2N4O2. The molecule has 0 unspecified atom stereocenters. The number of halogens is 2. The van der Waals surface area contributed by atoms with Gasteiger partial charge in [-0.15, -0.1) is 0 Å². The van der Waals surface area contributed by atoms with Crippen molar-refractivity contribution in [3.8, 4) is 0 Å². The normalized spacial score (nSPS) is 22.8. The molecule has 0 bridgehead atoms. The van der Waals surface area contributed by atoms with Gasteiger partial charge in [0.1, 0.15) is 16.9 Å². The Morgan fingerprint density at radius 2 is 2.26 bits per heavy atom. The Morgan fingerprint density at radius 1 is 1.47 bits per heavy atom. The molecule has 0 aliphatic heterocycles. The van der Waals surface area contributed by atoms with E-state index in [1.165, 1.54) is 6.20 Å². The van der Waals surface area contributed by atoms with Crippen LogP contribution in [0.3, 0.4) is 0 Å². The molecule has 8 heteroatoms. The van der Waals surface area contributed by atoms with E-state index in [9.17, 15) is 4.79 Å². The lowest BCUT2D eigenvalue weighted by Crippen LogP contribution is -2.34. The third-order valence-corrected chi connectivity index (χ3v) is 3.42. The maximum Gasteiger partial charge on any atom is 0.404 e. The molecule has 1 amide bonds. The van der Waals surface area contributed by atoms with Crippen molar-refractivity contribution in [2.75, 3.05) is 5.32 Å². The number of carbonyl (C=O) groups excluding carboxylic acids is 1. The molecule has 0 aromatic carbocycles. The molecule has 1 fully saturated rings. The average molecular weight is 305 g/mol. The van der Waals surface area contributed by atoms with Gasteiger partial charge in [-0.3, -0.25) is 0 Å². The number of nitrogens with two attached hydrogens (primary N) is 1. The highest BCUT2D eigenvalue weighted by atomic mass is 35.5. The van der Waals surface area contributed by atoms with Gasteiger partial charge >= 0.3 is 6.09 Å². The predicted molar refractivity (Wildman–Crippen MR) is 72.4 cm³/mol. The van der Waals surface area contributed by atoms with Crippen molar-refractivity contribution in [1.82, 2.24) is 9.97 Å². The van der Waals surface area contributed by atoms with E-state index < -0.39 is 6.09 Å². The van der Waals surface area contributed by atoms with E-state index in [2.05, 4.69) is 15.3 Å². The third kappa shape index (κ3) is 4.11. The molecule has 19 heavy (non-hydrogen) atoms. The van der Waals surface area contributed by atoms with Crippen molar-refractivity contribution >= 4 is 35.1 Å². The number of rotatable bonds is 3. The highest BCUT2D eigenvalue weighted by molar-refractivity contribution is 6.33. The first-order valence-corrected chi connectivity index (χ1v) is 6.71. The van der Waals surface area contributed by atoms with Gasteiger partial charge < -0.3 is 15.8 Å². The Labute approximate surface area is 120 Å². The van der Waals surface area contributed by atoms with Crippen LogP contribution in [0.15, 0.2) is 6.20 Å². The Morgan fingerprint density at radius 3 is 3.00 bits per heavy atom. The van der Waals surface area contributed by atoms with E-state index in [-0.39, 0.29) is 17.4 Å². The number of ether oxygens (including phenoxy) is 1. The second kappa shape index (κ2) is 6.25. The summed E-state index contributed by atoms with van der Waals surface area (Å²) in [5.41, 5.74) is 5.02. The minimum Gasteiger partial charge on any atom is -0.446 e. The van der Waals surface area contributed by atoms with Gasteiger partial charge in [0.2, 0.25) is 5.28 Å². The number of hydrogen-bond acceptors (Lipinski definition) is 5. The van der Waals surface area contributed by atoms with Crippen molar-refractivity contribution < 1.29 is 9.53 Å². The van der Waals surface area contributed by atoms with Crippen LogP contribution < -0.4 is 11.1 Å².